The highest BCUT2D eigenvalue weighted by Crippen LogP contribution is 2.45. The standard InChI is InChI=1S/C43H28N2/c1-2-18-32(19-3-1)45-40-27-11-10-26-39(40)44-43(45)31-17-12-16-30(28-31)41-35-21-6-8-23-37(35)42(38-24-9-7-22-36(38)41)34-25-13-15-29-14-4-5-20-33(29)34/h1-28H/i1D,2D,3D,6D,7D,8D,9D,18D,19D,21D,22D,23D,24D. The molecule has 0 N–H and O–H groups in total. The van der Waals surface area contributed by atoms with Crippen molar-refractivity contribution in [2.45, 2.75) is 0 Å². The van der Waals surface area contributed by atoms with E-state index in [4.69, 9.17) is 17.3 Å². The molecule has 1 heterocycles. The third kappa shape index (κ3) is 4.07. The maximum Gasteiger partial charge on any atom is 0.145 e. The Kier molecular flexibility index (Phi) is 3.59. The van der Waals surface area contributed by atoms with Crippen molar-refractivity contribution in [3.8, 4) is 39.3 Å². The molecule has 0 fully saturated rings. The maximum absolute atomic E-state index is 9.38. The number of benzene rings is 8. The van der Waals surface area contributed by atoms with E-state index in [1.165, 1.54) is 4.57 Å². The number of hydrogen-bond donors (Lipinski definition) is 0. The summed E-state index contributed by atoms with van der Waals surface area (Å²) in [6.45, 7) is 0. The summed E-state index contributed by atoms with van der Waals surface area (Å²) in [5, 5.41) is 1.78. The molecule has 0 amide bonds. The Bertz CT molecular complexity index is 3170. The normalized spacial score (nSPS) is 15.6. The lowest BCUT2D eigenvalue weighted by molar-refractivity contribution is 1.10. The fourth-order valence-corrected chi connectivity index (χ4v) is 6.24. The molecule has 0 spiro atoms. The van der Waals surface area contributed by atoms with Gasteiger partial charge >= 0.3 is 0 Å². The van der Waals surface area contributed by atoms with Crippen LogP contribution in [0, 0.1) is 0 Å². The Hall–Kier alpha value is -5.99. The average molecular weight is 586 g/mol. The Morgan fingerprint density at radius 2 is 1.09 bits per heavy atom. The fraction of sp³-hybridized carbons (Fsp3) is 0. The van der Waals surface area contributed by atoms with Crippen LogP contribution in [0.4, 0.5) is 0 Å². The Labute approximate surface area is 279 Å². The summed E-state index contributed by atoms with van der Waals surface area (Å²) in [7, 11) is 0. The predicted molar refractivity (Wildman–Crippen MR) is 190 cm³/mol. The third-order valence-corrected chi connectivity index (χ3v) is 8.11. The molecule has 9 rings (SSSR count). The monoisotopic (exact) mass is 585 g/mol. The molecule has 2 nitrogen and oxygen atoms in total. The van der Waals surface area contributed by atoms with E-state index in [2.05, 4.69) is 0 Å². The van der Waals surface area contributed by atoms with Crippen molar-refractivity contribution >= 4 is 43.4 Å². The zero-order valence-electron chi connectivity index (χ0n) is 36.6. The average Bonchev–Trinajstić information content (AvgIpc) is 3.62. The van der Waals surface area contributed by atoms with Gasteiger partial charge in [0.25, 0.3) is 0 Å². The minimum atomic E-state index is -0.549. The van der Waals surface area contributed by atoms with Crippen LogP contribution in [0.5, 0.6) is 0 Å². The summed E-state index contributed by atoms with van der Waals surface area (Å²) in [5.74, 6) is 0.200. The molecule has 45 heavy (non-hydrogen) atoms. The van der Waals surface area contributed by atoms with Gasteiger partial charge in [0.1, 0.15) is 5.82 Å². The molecule has 0 radical (unpaired) electrons. The van der Waals surface area contributed by atoms with Crippen LogP contribution in [0.25, 0.3) is 82.7 Å². The lowest BCUT2D eigenvalue weighted by Crippen LogP contribution is -1.97. The number of fused-ring (bicyclic) bond motifs is 4. The van der Waals surface area contributed by atoms with Gasteiger partial charge in [0.2, 0.25) is 0 Å². The minimum absolute atomic E-state index is 0.0442. The largest absolute Gasteiger partial charge is 0.292 e. The summed E-state index contributed by atoms with van der Waals surface area (Å²) in [5.41, 5.74) is 2.42. The van der Waals surface area contributed by atoms with Crippen molar-refractivity contribution in [2.75, 3.05) is 0 Å². The molecule has 2 heteroatoms. The van der Waals surface area contributed by atoms with Gasteiger partial charge in [-0.2, -0.15) is 0 Å². The first-order valence-corrected chi connectivity index (χ1v) is 14.3. The van der Waals surface area contributed by atoms with Gasteiger partial charge in [-0.15, -0.1) is 0 Å². The topological polar surface area (TPSA) is 17.8 Å². The van der Waals surface area contributed by atoms with E-state index in [-0.39, 0.29) is 56.3 Å². The van der Waals surface area contributed by atoms with Gasteiger partial charge in [-0.3, -0.25) is 4.57 Å². The van der Waals surface area contributed by atoms with E-state index < -0.39 is 66.5 Å². The molecule has 0 unspecified atom stereocenters. The molecule has 9 aromatic rings. The van der Waals surface area contributed by atoms with Gasteiger partial charge in [0, 0.05) is 11.3 Å². The summed E-state index contributed by atoms with van der Waals surface area (Å²) < 4.78 is 117. The number of nitrogens with zero attached hydrogens (tertiary/aromatic N) is 2. The molecule has 210 valence electrons. The second kappa shape index (κ2) is 10.3. The van der Waals surface area contributed by atoms with E-state index in [1.807, 2.05) is 30.3 Å². The number of rotatable bonds is 4. The number of aromatic nitrogens is 2. The molecule has 0 aliphatic heterocycles. The predicted octanol–water partition coefficient (Wildman–Crippen LogP) is 11.5. The molecule has 0 saturated heterocycles. The van der Waals surface area contributed by atoms with Gasteiger partial charge in [-0.05, 0) is 84.9 Å². The van der Waals surface area contributed by atoms with Crippen molar-refractivity contribution in [3.05, 3.63) is 170 Å². The van der Waals surface area contributed by atoms with E-state index >= 15 is 0 Å². The van der Waals surface area contributed by atoms with Crippen LogP contribution in [0.15, 0.2) is 170 Å². The van der Waals surface area contributed by atoms with Gasteiger partial charge in [0.15, 0.2) is 0 Å². The van der Waals surface area contributed by atoms with Crippen molar-refractivity contribution < 1.29 is 17.8 Å². The Balaban J connectivity index is 1.47. The van der Waals surface area contributed by atoms with E-state index in [0.29, 0.717) is 33.1 Å². The van der Waals surface area contributed by atoms with Crippen LogP contribution in [-0.2, 0) is 0 Å². The highest BCUT2D eigenvalue weighted by Gasteiger charge is 2.19. The summed E-state index contributed by atoms with van der Waals surface area (Å²) in [6.07, 6.45) is 0. The lowest BCUT2D eigenvalue weighted by Gasteiger charge is -2.19. The van der Waals surface area contributed by atoms with E-state index in [9.17, 15) is 5.48 Å². The zero-order chi connectivity index (χ0) is 41.1. The summed E-state index contributed by atoms with van der Waals surface area (Å²) in [6, 6.07) is 20.5. The third-order valence-electron chi connectivity index (χ3n) is 8.11. The molecule has 1 aromatic heterocycles. The van der Waals surface area contributed by atoms with Gasteiger partial charge in [-0.1, -0.05) is 139 Å². The van der Waals surface area contributed by atoms with Crippen LogP contribution < -0.4 is 0 Å². The highest BCUT2D eigenvalue weighted by molar-refractivity contribution is 6.23. The maximum atomic E-state index is 9.38. The molecule has 0 bridgehead atoms. The SMILES string of the molecule is [2H]c1c([2H])c([2H])c(-n2c(-c3cccc(-c4c5c([2H])c([2H])c([2H])c([2H])c5c(-c5cccc6ccccc56)c5c([2H])c([2H])c([2H])c([2H])c45)c3)nc3ccccc32)c([2H])c1[2H]. The van der Waals surface area contributed by atoms with Crippen molar-refractivity contribution in [1.29, 1.82) is 0 Å². The molecule has 0 aliphatic rings. The first-order chi connectivity index (χ1) is 27.7. The summed E-state index contributed by atoms with van der Waals surface area (Å²) in [4.78, 5) is 4.86. The summed E-state index contributed by atoms with van der Waals surface area (Å²) >= 11 is 0. The number of para-hydroxylation sites is 3. The molecule has 0 saturated carbocycles. The Morgan fingerprint density at radius 3 is 1.87 bits per heavy atom. The molecule has 0 atom stereocenters. The molecular formula is C43H28N2. The van der Waals surface area contributed by atoms with Crippen LogP contribution >= 0.6 is 0 Å². The first-order valence-electron chi connectivity index (χ1n) is 20.8. The van der Waals surface area contributed by atoms with Crippen molar-refractivity contribution in [1.82, 2.24) is 9.55 Å². The van der Waals surface area contributed by atoms with Crippen molar-refractivity contribution in [2.24, 2.45) is 0 Å². The smallest absolute Gasteiger partial charge is 0.145 e. The van der Waals surface area contributed by atoms with E-state index in [0.717, 1.165) is 5.39 Å². The fourth-order valence-electron chi connectivity index (χ4n) is 6.24. The van der Waals surface area contributed by atoms with Gasteiger partial charge in [-0.25, -0.2) is 4.98 Å². The van der Waals surface area contributed by atoms with Gasteiger partial charge in [0.05, 0.1) is 28.9 Å². The zero-order valence-corrected chi connectivity index (χ0v) is 23.6. The number of hydrogen-bond acceptors (Lipinski definition) is 1. The van der Waals surface area contributed by atoms with Crippen LogP contribution in [-0.4, -0.2) is 9.55 Å². The second-order valence-corrected chi connectivity index (χ2v) is 10.6. The van der Waals surface area contributed by atoms with Crippen LogP contribution in [0.2, 0.25) is 0 Å². The van der Waals surface area contributed by atoms with Gasteiger partial charge < -0.3 is 0 Å². The van der Waals surface area contributed by atoms with Crippen LogP contribution in [0.1, 0.15) is 17.8 Å². The second-order valence-electron chi connectivity index (χ2n) is 10.6. The van der Waals surface area contributed by atoms with E-state index in [1.54, 1.807) is 60.7 Å². The highest BCUT2D eigenvalue weighted by atomic mass is 15.1. The molecule has 8 aromatic carbocycles. The Morgan fingerprint density at radius 1 is 0.489 bits per heavy atom. The lowest BCUT2D eigenvalue weighted by atomic mass is 9.84. The van der Waals surface area contributed by atoms with Crippen molar-refractivity contribution in [3.63, 3.8) is 0 Å². The first kappa shape index (κ1) is 15.7. The number of imidazole rings is 1. The molecule has 0 aliphatic carbocycles. The minimum Gasteiger partial charge on any atom is -0.292 e. The quantitative estimate of drug-likeness (QED) is 0.188. The van der Waals surface area contributed by atoms with Crippen LogP contribution in [0.3, 0.4) is 0 Å². The molecular weight excluding hydrogens is 544 g/mol.